The van der Waals surface area contributed by atoms with E-state index in [9.17, 15) is 4.79 Å². The van der Waals surface area contributed by atoms with Gasteiger partial charge in [0.1, 0.15) is 6.04 Å². The minimum Gasteiger partial charge on any atom is -0.467 e. The van der Waals surface area contributed by atoms with Gasteiger partial charge in [-0.3, -0.25) is 0 Å². The van der Waals surface area contributed by atoms with Crippen LogP contribution in [0.15, 0.2) is 24.3 Å². The van der Waals surface area contributed by atoms with E-state index < -0.39 is 6.04 Å². The molecule has 0 fully saturated rings. The van der Waals surface area contributed by atoms with Crippen LogP contribution in [-0.2, 0) is 9.53 Å². The minimum absolute atomic E-state index is 0.258. The molecule has 0 aliphatic rings. The summed E-state index contributed by atoms with van der Waals surface area (Å²) >= 11 is 6.05. The van der Waals surface area contributed by atoms with Crippen molar-refractivity contribution >= 4 is 23.3 Å². The highest BCUT2D eigenvalue weighted by Gasteiger charge is 2.32. The number of hydrogen-bond donors (Lipinski definition) is 1. The Balaban J connectivity index is 2.95. The van der Waals surface area contributed by atoms with Gasteiger partial charge in [0.15, 0.2) is 0 Å². The highest BCUT2D eigenvalue weighted by atomic mass is 35.5. The molecule has 0 saturated heterocycles. The zero-order valence-electron chi connectivity index (χ0n) is 10.6. The molecule has 0 aliphatic carbocycles. The second kappa shape index (κ2) is 5.41. The third-order valence-electron chi connectivity index (χ3n) is 2.48. The van der Waals surface area contributed by atoms with Crippen LogP contribution in [0.3, 0.4) is 0 Å². The van der Waals surface area contributed by atoms with Gasteiger partial charge < -0.3 is 10.1 Å². The monoisotopic (exact) mass is 255 g/mol. The van der Waals surface area contributed by atoms with E-state index in [4.69, 9.17) is 16.3 Å². The predicted octanol–water partition coefficient (Wildman–Crippen LogP) is 3.34. The van der Waals surface area contributed by atoms with Gasteiger partial charge in [0.25, 0.3) is 0 Å². The van der Waals surface area contributed by atoms with E-state index in [0.29, 0.717) is 5.02 Å². The SMILES string of the molecule is COC(=O)C(Nc1ccccc1Cl)C(C)(C)C. The number of nitrogens with one attached hydrogen (secondary N) is 1. The summed E-state index contributed by atoms with van der Waals surface area (Å²) in [6.07, 6.45) is 0. The van der Waals surface area contributed by atoms with Crippen molar-refractivity contribution in [3.05, 3.63) is 29.3 Å². The second-order valence-corrected chi connectivity index (χ2v) is 5.35. The van der Waals surface area contributed by atoms with E-state index in [1.807, 2.05) is 39.0 Å². The summed E-state index contributed by atoms with van der Waals surface area (Å²) in [4.78, 5) is 11.7. The van der Waals surface area contributed by atoms with Crippen molar-refractivity contribution < 1.29 is 9.53 Å². The molecule has 0 aromatic heterocycles. The normalized spacial score (nSPS) is 13.0. The van der Waals surface area contributed by atoms with Crippen molar-refractivity contribution in [2.24, 2.45) is 5.41 Å². The quantitative estimate of drug-likeness (QED) is 0.842. The third-order valence-corrected chi connectivity index (χ3v) is 2.81. The molecule has 1 N–H and O–H groups in total. The third kappa shape index (κ3) is 3.63. The van der Waals surface area contributed by atoms with E-state index in [-0.39, 0.29) is 11.4 Å². The fourth-order valence-corrected chi connectivity index (χ4v) is 1.67. The Labute approximate surface area is 107 Å². The van der Waals surface area contributed by atoms with Gasteiger partial charge in [-0.1, -0.05) is 44.5 Å². The van der Waals surface area contributed by atoms with E-state index in [1.54, 1.807) is 6.07 Å². The summed E-state index contributed by atoms with van der Waals surface area (Å²) in [5.74, 6) is -0.294. The number of carbonyl (C=O) groups is 1. The zero-order chi connectivity index (χ0) is 13.1. The summed E-state index contributed by atoms with van der Waals surface area (Å²) in [7, 11) is 1.38. The number of methoxy groups -OCH3 is 1. The zero-order valence-corrected chi connectivity index (χ0v) is 11.3. The maximum Gasteiger partial charge on any atom is 0.328 e. The fraction of sp³-hybridized carbons (Fsp3) is 0.462. The number of esters is 1. The van der Waals surface area contributed by atoms with Crippen LogP contribution in [0.2, 0.25) is 5.02 Å². The second-order valence-electron chi connectivity index (χ2n) is 4.95. The number of benzene rings is 1. The van der Waals surface area contributed by atoms with Crippen LogP contribution in [0, 0.1) is 5.41 Å². The molecule has 0 bridgehead atoms. The predicted molar refractivity (Wildman–Crippen MR) is 70.3 cm³/mol. The van der Waals surface area contributed by atoms with Crippen LogP contribution in [0.1, 0.15) is 20.8 Å². The van der Waals surface area contributed by atoms with Crippen molar-refractivity contribution in [1.29, 1.82) is 0 Å². The molecule has 3 nitrogen and oxygen atoms in total. The Hall–Kier alpha value is -1.22. The summed E-state index contributed by atoms with van der Waals surface area (Å²) in [6, 6.07) is 6.89. The molecule has 0 heterocycles. The van der Waals surface area contributed by atoms with Crippen molar-refractivity contribution in [2.45, 2.75) is 26.8 Å². The lowest BCUT2D eigenvalue weighted by Crippen LogP contribution is -2.41. The highest BCUT2D eigenvalue weighted by Crippen LogP contribution is 2.28. The lowest BCUT2D eigenvalue weighted by molar-refractivity contribution is -0.143. The van der Waals surface area contributed by atoms with Crippen molar-refractivity contribution in [1.82, 2.24) is 0 Å². The fourth-order valence-electron chi connectivity index (χ4n) is 1.48. The number of ether oxygens (including phenoxy) is 1. The molecule has 0 saturated carbocycles. The Morgan fingerprint density at radius 3 is 2.41 bits per heavy atom. The number of anilines is 1. The number of para-hydroxylation sites is 1. The van der Waals surface area contributed by atoms with Crippen LogP contribution in [0.4, 0.5) is 5.69 Å². The lowest BCUT2D eigenvalue weighted by atomic mass is 9.86. The Morgan fingerprint density at radius 1 is 1.35 bits per heavy atom. The molecule has 0 aliphatic heterocycles. The molecular formula is C13H18ClNO2. The average molecular weight is 256 g/mol. The summed E-state index contributed by atoms with van der Waals surface area (Å²) in [5, 5.41) is 3.72. The van der Waals surface area contributed by atoms with Gasteiger partial charge in [0, 0.05) is 0 Å². The molecule has 0 amide bonds. The average Bonchev–Trinajstić information content (AvgIpc) is 2.25. The van der Waals surface area contributed by atoms with Crippen LogP contribution in [0.25, 0.3) is 0 Å². The van der Waals surface area contributed by atoms with E-state index >= 15 is 0 Å². The van der Waals surface area contributed by atoms with Gasteiger partial charge in [-0.2, -0.15) is 0 Å². The molecule has 1 atom stereocenters. The first-order valence-electron chi connectivity index (χ1n) is 5.45. The van der Waals surface area contributed by atoms with E-state index in [1.165, 1.54) is 7.11 Å². The van der Waals surface area contributed by atoms with Gasteiger partial charge in [-0.25, -0.2) is 4.79 Å². The molecule has 1 aromatic rings. The molecule has 0 spiro atoms. The van der Waals surface area contributed by atoms with E-state index in [0.717, 1.165) is 5.69 Å². The minimum atomic E-state index is -0.438. The smallest absolute Gasteiger partial charge is 0.328 e. The summed E-state index contributed by atoms with van der Waals surface area (Å²) in [5.41, 5.74) is 0.478. The number of halogens is 1. The highest BCUT2D eigenvalue weighted by molar-refractivity contribution is 6.33. The topological polar surface area (TPSA) is 38.3 Å². The molecule has 1 rings (SSSR count). The maximum absolute atomic E-state index is 11.7. The first-order chi connectivity index (χ1) is 7.86. The van der Waals surface area contributed by atoms with Crippen molar-refractivity contribution in [3.63, 3.8) is 0 Å². The standard InChI is InChI=1S/C13H18ClNO2/c1-13(2,3)11(12(16)17-4)15-10-8-6-5-7-9(10)14/h5-8,11,15H,1-4H3. The first-order valence-corrected chi connectivity index (χ1v) is 5.83. The molecule has 1 aromatic carbocycles. The number of hydrogen-bond acceptors (Lipinski definition) is 3. The molecular weight excluding hydrogens is 238 g/mol. The van der Waals surface area contributed by atoms with Crippen molar-refractivity contribution in [2.75, 3.05) is 12.4 Å². The van der Waals surface area contributed by atoms with Gasteiger partial charge in [-0.05, 0) is 17.5 Å². The lowest BCUT2D eigenvalue weighted by Gasteiger charge is -2.30. The first kappa shape index (κ1) is 13.8. The molecule has 4 heteroatoms. The van der Waals surface area contributed by atoms with Crippen LogP contribution >= 0.6 is 11.6 Å². The largest absolute Gasteiger partial charge is 0.467 e. The molecule has 94 valence electrons. The van der Waals surface area contributed by atoms with Crippen LogP contribution < -0.4 is 5.32 Å². The van der Waals surface area contributed by atoms with Gasteiger partial charge in [-0.15, -0.1) is 0 Å². The van der Waals surface area contributed by atoms with Crippen molar-refractivity contribution in [3.8, 4) is 0 Å². The molecule has 1 unspecified atom stereocenters. The maximum atomic E-state index is 11.7. The Morgan fingerprint density at radius 2 is 1.94 bits per heavy atom. The molecule has 17 heavy (non-hydrogen) atoms. The van der Waals surface area contributed by atoms with Gasteiger partial charge >= 0.3 is 5.97 Å². The van der Waals surface area contributed by atoms with Gasteiger partial charge in [0.05, 0.1) is 17.8 Å². The molecule has 0 radical (unpaired) electrons. The van der Waals surface area contributed by atoms with Crippen LogP contribution in [0.5, 0.6) is 0 Å². The summed E-state index contributed by atoms with van der Waals surface area (Å²) < 4.78 is 4.81. The number of carbonyl (C=O) groups excluding carboxylic acids is 1. The number of rotatable bonds is 3. The van der Waals surface area contributed by atoms with E-state index in [2.05, 4.69) is 5.32 Å². The Bertz CT molecular complexity index is 399. The van der Waals surface area contributed by atoms with Crippen LogP contribution in [-0.4, -0.2) is 19.1 Å². The van der Waals surface area contributed by atoms with Gasteiger partial charge in [0.2, 0.25) is 0 Å². The Kier molecular flexibility index (Phi) is 4.40. The summed E-state index contributed by atoms with van der Waals surface area (Å²) in [6.45, 7) is 5.91.